The summed E-state index contributed by atoms with van der Waals surface area (Å²) in [6.07, 6.45) is 4.09. The van der Waals surface area contributed by atoms with Crippen LogP contribution in [-0.2, 0) is 9.53 Å². The largest absolute Gasteiger partial charge is 0.374 e. The van der Waals surface area contributed by atoms with Gasteiger partial charge in [-0.2, -0.15) is 0 Å². The van der Waals surface area contributed by atoms with E-state index in [2.05, 4.69) is 16.8 Å². The van der Waals surface area contributed by atoms with Gasteiger partial charge in [-0.15, -0.1) is 0 Å². The number of nitrogens with zero attached hydrogens (tertiary/aromatic N) is 1. The van der Waals surface area contributed by atoms with Gasteiger partial charge in [-0.05, 0) is 18.9 Å². The second kappa shape index (κ2) is 4.77. The van der Waals surface area contributed by atoms with E-state index in [-0.39, 0.29) is 12.0 Å². The normalized spacial score (nSPS) is 27.3. The van der Waals surface area contributed by atoms with E-state index in [0.29, 0.717) is 6.54 Å². The lowest BCUT2D eigenvalue weighted by Gasteiger charge is -2.32. The second-order valence-corrected chi connectivity index (χ2v) is 4.17. The van der Waals surface area contributed by atoms with Crippen molar-refractivity contribution in [3.8, 4) is 0 Å². The maximum absolute atomic E-state index is 11.0. The van der Waals surface area contributed by atoms with Crippen LogP contribution in [0.15, 0.2) is 12.7 Å². The molecular weight excluding hydrogens is 192 g/mol. The van der Waals surface area contributed by atoms with E-state index in [0.717, 1.165) is 25.7 Å². The van der Waals surface area contributed by atoms with Crippen molar-refractivity contribution in [3.63, 3.8) is 0 Å². The molecule has 1 atom stereocenters. The molecule has 0 radical (unpaired) electrons. The Morgan fingerprint density at radius 3 is 3.07 bits per heavy atom. The van der Waals surface area contributed by atoms with E-state index in [1.807, 2.05) is 0 Å². The summed E-state index contributed by atoms with van der Waals surface area (Å²) in [5.74, 6) is -0.123. The molecule has 0 aromatic heterocycles. The number of nitrogens with one attached hydrogen (secondary N) is 1. The molecule has 1 saturated carbocycles. The first-order valence-corrected chi connectivity index (χ1v) is 5.55. The second-order valence-electron chi connectivity index (χ2n) is 4.17. The first kappa shape index (κ1) is 10.6. The number of amides is 1. The minimum absolute atomic E-state index is 0.123. The van der Waals surface area contributed by atoms with Crippen LogP contribution in [0.1, 0.15) is 12.8 Å². The molecular formula is C11H18N2O2. The molecule has 0 aromatic carbocycles. The number of carbonyl (C=O) groups is 1. The Hall–Kier alpha value is -0.870. The molecule has 4 heteroatoms. The summed E-state index contributed by atoms with van der Waals surface area (Å²) in [5, 5.41) is 2.77. The Balaban J connectivity index is 1.72. The van der Waals surface area contributed by atoms with Crippen molar-refractivity contribution >= 4 is 5.91 Å². The molecule has 84 valence electrons. The predicted molar refractivity (Wildman–Crippen MR) is 57.5 cm³/mol. The molecule has 1 unspecified atom stereocenters. The van der Waals surface area contributed by atoms with Crippen molar-refractivity contribution in [2.45, 2.75) is 25.0 Å². The third-order valence-corrected chi connectivity index (χ3v) is 2.92. The first-order valence-electron chi connectivity index (χ1n) is 5.55. The number of rotatable bonds is 4. The van der Waals surface area contributed by atoms with Crippen LogP contribution in [0.4, 0.5) is 0 Å². The fraction of sp³-hybridized carbons (Fsp3) is 0.727. The van der Waals surface area contributed by atoms with E-state index >= 15 is 0 Å². The van der Waals surface area contributed by atoms with Crippen LogP contribution in [0.2, 0.25) is 0 Å². The number of hydrogen-bond donors (Lipinski definition) is 1. The Morgan fingerprint density at radius 2 is 2.40 bits per heavy atom. The first-order chi connectivity index (χ1) is 7.29. The topological polar surface area (TPSA) is 41.6 Å². The highest BCUT2D eigenvalue weighted by atomic mass is 16.5. The van der Waals surface area contributed by atoms with Gasteiger partial charge in [0.05, 0.1) is 12.7 Å². The van der Waals surface area contributed by atoms with Gasteiger partial charge in [-0.3, -0.25) is 9.69 Å². The fourth-order valence-electron chi connectivity index (χ4n) is 1.92. The summed E-state index contributed by atoms with van der Waals surface area (Å²) >= 11 is 0. The summed E-state index contributed by atoms with van der Waals surface area (Å²) in [6, 6.07) is 0.784. The van der Waals surface area contributed by atoms with Gasteiger partial charge in [-0.1, -0.05) is 6.58 Å². The Morgan fingerprint density at radius 1 is 1.60 bits per heavy atom. The summed E-state index contributed by atoms with van der Waals surface area (Å²) in [7, 11) is 0. The van der Waals surface area contributed by atoms with Gasteiger partial charge in [-0.25, -0.2) is 0 Å². The third-order valence-electron chi connectivity index (χ3n) is 2.92. The molecule has 2 fully saturated rings. The zero-order chi connectivity index (χ0) is 10.7. The molecule has 1 heterocycles. The lowest BCUT2D eigenvalue weighted by atomic mass is 10.2. The third kappa shape index (κ3) is 3.04. The molecule has 2 aliphatic rings. The summed E-state index contributed by atoms with van der Waals surface area (Å²) in [6.45, 7) is 6.77. The average Bonchev–Trinajstić information content (AvgIpc) is 3.10. The fourth-order valence-corrected chi connectivity index (χ4v) is 1.92. The SMILES string of the molecule is C=CC(=O)NCC1CN(C2CC2)CCO1. The minimum Gasteiger partial charge on any atom is -0.374 e. The molecule has 4 nitrogen and oxygen atoms in total. The summed E-state index contributed by atoms with van der Waals surface area (Å²) < 4.78 is 5.59. The molecule has 0 spiro atoms. The molecule has 1 N–H and O–H groups in total. The van der Waals surface area contributed by atoms with Gasteiger partial charge in [0.25, 0.3) is 0 Å². The van der Waals surface area contributed by atoms with E-state index in [1.54, 1.807) is 0 Å². The van der Waals surface area contributed by atoms with Gasteiger partial charge >= 0.3 is 0 Å². The highest BCUT2D eigenvalue weighted by molar-refractivity contribution is 5.86. The van der Waals surface area contributed by atoms with Crippen LogP contribution >= 0.6 is 0 Å². The molecule has 1 amide bonds. The van der Waals surface area contributed by atoms with Crippen molar-refractivity contribution in [3.05, 3.63) is 12.7 Å². The van der Waals surface area contributed by atoms with Crippen molar-refractivity contribution in [2.75, 3.05) is 26.2 Å². The lowest BCUT2D eigenvalue weighted by molar-refractivity contribution is -0.117. The van der Waals surface area contributed by atoms with Crippen molar-refractivity contribution < 1.29 is 9.53 Å². The van der Waals surface area contributed by atoms with Gasteiger partial charge in [0.2, 0.25) is 5.91 Å². The monoisotopic (exact) mass is 210 g/mol. The highest BCUT2D eigenvalue weighted by Crippen LogP contribution is 2.27. The van der Waals surface area contributed by atoms with Gasteiger partial charge in [0.1, 0.15) is 0 Å². The van der Waals surface area contributed by atoms with Gasteiger partial charge < -0.3 is 10.1 Å². The Bertz CT molecular complexity index is 251. The van der Waals surface area contributed by atoms with Crippen LogP contribution in [0, 0.1) is 0 Å². The van der Waals surface area contributed by atoms with E-state index < -0.39 is 0 Å². The maximum atomic E-state index is 11.0. The average molecular weight is 210 g/mol. The predicted octanol–water partition coefficient (Wildman–Crippen LogP) is 0.152. The van der Waals surface area contributed by atoms with Gasteiger partial charge in [0, 0.05) is 25.7 Å². The van der Waals surface area contributed by atoms with E-state index in [4.69, 9.17) is 4.74 Å². The van der Waals surface area contributed by atoms with Crippen LogP contribution < -0.4 is 5.32 Å². The van der Waals surface area contributed by atoms with Crippen molar-refractivity contribution in [2.24, 2.45) is 0 Å². The lowest BCUT2D eigenvalue weighted by Crippen LogP contribution is -2.48. The molecule has 0 bridgehead atoms. The molecule has 1 aliphatic heterocycles. The number of carbonyl (C=O) groups excluding carboxylic acids is 1. The number of hydrogen-bond acceptors (Lipinski definition) is 3. The standard InChI is InChI=1S/C11H18N2O2/c1-2-11(14)12-7-10-8-13(5-6-15-10)9-3-4-9/h2,9-10H,1,3-8H2,(H,12,14). The molecule has 0 aromatic rings. The molecule has 1 aliphatic carbocycles. The maximum Gasteiger partial charge on any atom is 0.243 e. The minimum atomic E-state index is -0.123. The van der Waals surface area contributed by atoms with E-state index in [1.165, 1.54) is 18.9 Å². The van der Waals surface area contributed by atoms with Crippen molar-refractivity contribution in [1.82, 2.24) is 10.2 Å². The number of morpholine rings is 1. The molecule has 1 saturated heterocycles. The summed E-state index contributed by atoms with van der Waals surface area (Å²) in [5.41, 5.74) is 0. The Kier molecular flexibility index (Phi) is 3.38. The number of ether oxygens (including phenoxy) is 1. The molecule has 15 heavy (non-hydrogen) atoms. The van der Waals surface area contributed by atoms with Crippen LogP contribution in [-0.4, -0.2) is 49.2 Å². The van der Waals surface area contributed by atoms with Gasteiger partial charge in [0.15, 0.2) is 0 Å². The Labute approximate surface area is 90.3 Å². The van der Waals surface area contributed by atoms with Crippen LogP contribution in [0.5, 0.6) is 0 Å². The highest BCUT2D eigenvalue weighted by Gasteiger charge is 2.32. The smallest absolute Gasteiger partial charge is 0.243 e. The quantitative estimate of drug-likeness (QED) is 0.672. The van der Waals surface area contributed by atoms with Crippen LogP contribution in [0.3, 0.4) is 0 Å². The zero-order valence-corrected chi connectivity index (χ0v) is 8.95. The molecule has 2 rings (SSSR count). The summed E-state index contributed by atoms with van der Waals surface area (Å²) in [4.78, 5) is 13.5. The van der Waals surface area contributed by atoms with Crippen LogP contribution in [0.25, 0.3) is 0 Å². The van der Waals surface area contributed by atoms with Crippen molar-refractivity contribution in [1.29, 1.82) is 0 Å². The van der Waals surface area contributed by atoms with E-state index in [9.17, 15) is 4.79 Å². The zero-order valence-electron chi connectivity index (χ0n) is 8.95.